The van der Waals surface area contributed by atoms with Crippen LogP contribution in [0.15, 0.2) is 0 Å². The van der Waals surface area contributed by atoms with Gasteiger partial charge in [0.25, 0.3) is 0 Å². The summed E-state index contributed by atoms with van der Waals surface area (Å²) >= 11 is 0. The van der Waals surface area contributed by atoms with Crippen molar-refractivity contribution in [1.29, 1.82) is 0 Å². The minimum atomic E-state index is 0. The van der Waals surface area contributed by atoms with Gasteiger partial charge in [0.15, 0.2) is 0 Å². The van der Waals surface area contributed by atoms with E-state index in [0.717, 1.165) is 0 Å². The van der Waals surface area contributed by atoms with Gasteiger partial charge in [0, 0.05) is 8.41 Å². The Hall–Kier alpha value is 0.688. The molecule has 0 unspecified atom stereocenters. The van der Waals surface area contributed by atoms with Gasteiger partial charge in [-0.25, -0.2) is 0 Å². The summed E-state index contributed by atoms with van der Waals surface area (Å²) in [5.41, 5.74) is 0. The van der Waals surface area contributed by atoms with E-state index in [1.54, 1.807) is 0 Å². The van der Waals surface area contributed by atoms with Crippen molar-refractivity contribution in [3.63, 3.8) is 0 Å². The summed E-state index contributed by atoms with van der Waals surface area (Å²) in [4.78, 5) is 0. The van der Waals surface area contributed by atoms with E-state index in [4.69, 9.17) is 0 Å². The van der Waals surface area contributed by atoms with Crippen LogP contribution in [0.3, 0.4) is 0 Å². The molecule has 0 atom stereocenters. The maximum atomic E-state index is 0. The zero-order chi connectivity index (χ0) is 0. The van der Waals surface area contributed by atoms with E-state index >= 15 is 0 Å². The molecule has 0 saturated carbocycles. The van der Waals surface area contributed by atoms with Crippen molar-refractivity contribution in [2.45, 2.75) is 0 Å². The molecule has 4 radical (unpaired) electrons. The zero-order valence-electron chi connectivity index (χ0n) is 3.93. The van der Waals surface area contributed by atoms with Crippen LogP contribution in [0.4, 0.5) is 0 Å². The van der Waals surface area contributed by atoms with Gasteiger partial charge in [-0.05, 0) is 0 Å². The Morgan fingerprint density at radius 3 is 0.600 bits per heavy atom. The normalized spacial score (nSPS) is 0. The summed E-state index contributed by atoms with van der Waals surface area (Å²) in [5, 5.41) is 0. The third kappa shape index (κ3) is 71.5. The predicted octanol–water partition coefficient (Wildman–Crippen LogP) is 0.968. The zero-order valence-corrected chi connectivity index (χ0v) is 5.67. The molecule has 0 aromatic heterocycles. The monoisotopic (exact) mass is 158 g/mol. The first-order valence-electron chi connectivity index (χ1n) is 0. The fraction of sp³-hybridized carbons (Fsp3) is 0. The van der Waals surface area contributed by atoms with Crippen molar-refractivity contribution in [2.24, 2.45) is 0 Å². The predicted molar refractivity (Wildman–Crippen MR) is 25.0 cm³/mol. The quantitative estimate of drug-likeness (QED) is 0.363. The smallest absolute Gasteiger partial charge is 0.358 e. The van der Waals surface area contributed by atoms with Crippen LogP contribution in [0.25, 0.3) is 0 Å². The molecular weight excluding hydrogens is 148 g/mol. The largest absolute Gasteiger partial charge is 3.00 e. The fourth-order valence-corrected chi connectivity index (χ4v) is 0. The summed E-state index contributed by atoms with van der Waals surface area (Å²) in [6.07, 6.45) is 0. The van der Waals surface area contributed by atoms with Crippen LogP contribution in [-0.2, 0) is 19.5 Å². The van der Waals surface area contributed by atoms with Crippen molar-refractivity contribution in [1.82, 2.24) is 0 Å². The molecule has 5 heavy (non-hydrogen) atoms. The number of rotatable bonds is 0. The molecule has 2 heteroatoms. The van der Waals surface area contributed by atoms with Crippen LogP contribution in [-0.4, -0.2) is 8.41 Å². The Kier molecular flexibility index (Phi) is 7110. The van der Waals surface area contributed by atoms with Gasteiger partial charge in [-0.15, -0.1) is 0 Å². The van der Waals surface area contributed by atoms with E-state index in [1.807, 2.05) is 0 Å². The molecule has 0 aromatic carbocycles. The molecule has 0 amide bonds. The van der Waals surface area contributed by atoms with Crippen molar-refractivity contribution in [3.8, 4) is 0 Å². The van der Waals surface area contributed by atoms with Gasteiger partial charge in [0.2, 0.25) is 0 Å². The number of hydrogen-bond acceptors (Lipinski definition) is 0. The third-order valence-corrected chi connectivity index (χ3v) is 0. The topological polar surface area (TPSA) is 0 Å². The molecular formula is C3H9BRu. The van der Waals surface area contributed by atoms with Gasteiger partial charge in [0.05, 0.1) is 0 Å². The Labute approximate surface area is 50.7 Å². The molecule has 0 aliphatic rings. The minimum absolute atomic E-state index is 0. The maximum Gasteiger partial charge on any atom is 3.00 e. The van der Waals surface area contributed by atoms with Gasteiger partial charge in [-0.1, -0.05) is 0 Å². The maximum absolute atomic E-state index is 0. The average molecular weight is 157 g/mol. The first kappa shape index (κ1) is 264. The van der Waals surface area contributed by atoms with Gasteiger partial charge in [-0.3, -0.25) is 0 Å². The summed E-state index contributed by atoms with van der Waals surface area (Å²) in [6.45, 7) is 0. The summed E-state index contributed by atoms with van der Waals surface area (Å²) < 4.78 is 0. The van der Waals surface area contributed by atoms with E-state index in [2.05, 4.69) is 0 Å². The van der Waals surface area contributed by atoms with Crippen LogP contribution in [0, 0.1) is 22.3 Å². The third-order valence-electron chi connectivity index (χ3n) is 0. The fourth-order valence-electron chi connectivity index (χ4n) is 0. The van der Waals surface area contributed by atoms with Crippen LogP contribution >= 0.6 is 0 Å². The van der Waals surface area contributed by atoms with Gasteiger partial charge < -0.3 is 22.3 Å². The SMILES string of the molecule is [B].[CH3-].[CH3-].[CH3-].[Ru+3]. The summed E-state index contributed by atoms with van der Waals surface area (Å²) in [7, 11) is 0. The Bertz CT molecular complexity index is 6.85. The molecule has 0 aromatic rings. The molecule has 0 nitrogen and oxygen atoms in total. The Morgan fingerprint density at radius 1 is 0.600 bits per heavy atom. The van der Waals surface area contributed by atoms with Gasteiger partial charge in [0.1, 0.15) is 0 Å². The molecule has 0 rings (SSSR count). The van der Waals surface area contributed by atoms with E-state index in [1.165, 1.54) is 0 Å². The van der Waals surface area contributed by atoms with Crippen molar-refractivity contribution < 1.29 is 19.5 Å². The summed E-state index contributed by atoms with van der Waals surface area (Å²) in [5.74, 6) is 0. The Morgan fingerprint density at radius 2 is 0.600 bits per heavy atom. The molecule has 0 saturated heterocycles. The molecule has 0 N–H and O–H groups in total. The second kappa shape index (κ2) is 135. The van der Waals surface area contributed by atoms with Crippen molar-refractivity contribution in [3.05, 3.63) is 22.3 Å². The van der Waals surface area contributed by atoms with E-state index in [9.17, 15) is 0 Å². The van der Waals surface area contributed by atoms with Crippen LogP contribution < -0.4 is 0 Å². The van der Waals surface area contributed by atoms with Gasteiger partial charge in [-0.2, -0.15) is 0 Å². The van der Waals surface area contributed by atoms with Crippen LogP contribution in [0.1, 0.15) is 0 Å². The first-order valence-corrected chi connectivity index (χ1v) is 0. The Balaban J connectivity index is 0. The standard InChI is InChI=1S/3CH3.B.Ru/h3*1H3;;/q3*-1;;+3. The molecule has 0 bridgehead atoms. The molecule has 32 valence electrons. The van der Waals surface area contributed by atoms with Crippen LogP contribution in [0.2, 0.25) is 0 Å². The van der Waals surface area contributed by atoms with Crippen LogP contribution in [0.5, 0.6) is 0 Å². The molecule has 0 spiro atoms. The molecule has 0 aliphatic heterocycles. The minimum Gasteiger partial charge on any atom is -0.358 e. The second-order valence-electron chi connectivity index (χ2n) is 0. The van der Waals surface area contributed by atoms with E-state index in [-0.39, 0.29) is 50.2 Å². The van der Waals surface area contributed by atoms with E-state index in [0.29, 0.717) is 0 Å². The van der Waals surface area contributed by atoms with Crippen molar-refractivity contribution >= 4 is 8.41 Å². The summed E-state index contributed by atoms with van der Waals surface area (Å²) in [6, 6.07) is 0. The average Bonchev–Trinajstić information content (AvgIpc) is 0. The van der Waals surface area contributed by atoms with Gasteiger partial charge >= 0.3 is 19.5 Å². The van der Waals surface area contributed by atoms with E-state index < -0.39 is 0 Å². The number of hydrogen-bond donors (Lipinski definition) is 0. The first-order chi connectivity index (χ1) is 0. The molecule has 0 fully saturated rings. The van der Waals surface area contributed by atoms with Crippen molar-refractivity contribution in [2.75, 3.05) is 0 Å². The molecule has 0 heterocycles. The second-order valence-corrected chi connectivity index (χ2v) is 0. The molecule has 0 aliphatic carbocycles.